The average molecular weight is 188 g/mol. The molecule has 0 aromatic heterocycles. The Morgan fingerprint density at radius 2 is 1.92 bits per heavy atom. The van der Waals surface area contributed by atoms with Gasteiger partial charge in [0.1, 0.15) is 6.04 Å². The molecule has 1 aliphatic heterocycles. The first kappa shape index (κ1) is 9.79. The van der Waals surface area contributed by atoms with Crippen LogP contribution in [0.2, 0.25) is 0 Å². The molecule has 13 heavy (non-hydrogen) atoms. The first-order valence-electron chi connectivity index (χ1n) is 4.00. The Kier molecular flexibility index (Phi) is 2.72. The maximum absolute atomic E-state index is 10.6. The summed E-state index contributed by atoms with van der Waals surface area (Å²) in [5, 5.41) is 17.4. The smallest absolute Gasteiger partial charge is 0.408 e. The van der Waals surface area contributed by atoms with Crippen LogP contribution in [0.5, 0.6) is 0 Å². The number of hydrogen-bond donors (Lipinski definition) is 3. The lowest BCUT2D eigenvalue weighted by molar-refractivity contribution is -0.143. The molecule has 0 unspecified atom stereocenters. The Bertz CT molecular complexity index is 231. The zero-order chi connectivity index (χ0) is 10.0. The fourth-order valence-corrected chi connectivity index (χ4v) is 1.47. The second-order valence-electron chi connectivity index (χ2n) is 3.13. The Hall–Kier alpha value is -1.30. The first-order chi connectivity index (χ1) is 6.02. The van der Waals surface area contributed by atoms with Crippen LogP contribution in [-0.2, 0) is 4.79 Å². The van der Waals surface area contributed by atoms with Crippen molar-refractivity contribution < 1.29 is 19.8 Å². The zero-order valence-electron chi connectivity index (χ0n) is 7.01. The van der Waals surface area contributed by atoms with Crippen molar-refractivity contribution >= 4 is 12.1 Å². The van der Waals surface area contributed by atoms with E-state index in [2.05, 4.69) is 0 Å². The van der Waals surface area contributed by atoms with Crippen LogP contribution in [0.15, 0.2) is 0 Å². The van der Waals surface area contributed by atoms with Crippen molar-refractivity contribution in [1.29, 1.82) is 0 Å². The van der Waals surface area contributed by atoms with Gasteiger partial charge in [-0.3, -0.25) is 4.90 Å². The van der Waals surface area contributed by atoms with Gasteiger partial charge in [0.2, 0.25) is 0 Å². The van der Waals surface area contributed by atoms with Crippen molar-refractivity contribution in [3.63, 3.8) is 0 Å². The van der Waals surface area contributed by atoms with Gasteiger partial charge in [0.05, 0.1) is 0 Å². The first-order valence-corrected chi connectivity index (χ1v) is 4.00. The molecule has 6 heteroatoms. The van der Waals surface area contributed by atoms with Crippen LogP contribution < -0.4 is 5.73 Å². The van der Waals surface area contributed by atoms with Crippen LogP contribution in [0, 0.1) is 0 Å². The summed E-state index contributed by atoms with van der Waals surface area (Å²) in [7, 11) is 0. The molecule has 1 saturated heterocycles. The van der Waals surface area contributed by atoms with E-state index in [9.17, 15) is 9.59 Å². The Labute approximate surface area is 74.9 Å². The summed E-state index contributed by atoms with van der Waals surface area (Å²) in [6.45, 7) is 0.103. The van der Waals surface area contributed by atoms with E-state index >= 15 is 0 Å². The molecule has 0 aliphatic carbocycles. The van der Waals surface area contributed by atoms with E-state index in [-0.39, 0.29) is 12.6 Å². The molecule has 2 atom stereocenters. The van der Waals surface area contributed by atoms with Gasteiger partial charge in [-0.05, 0) is 12.8 Å². The Morgan fingerprint density at radius 1 is 1.31 bits per heavy atom. The average Bonchev–Trinajstić information content (AvgIpc) is 2.03. The van der Waals surface area contributed by atoms with Crippen molar-refractivity contribution in [2.45, 2.75) is 24.9 Å². The molecule has 0 radical (unpaired) electrons. The number of carboxylic acids is 1. The summed E-state index contributed by atoms with van der Waals surface area (Å²) in [6, 6.07) is -1.18. The molecular weight excluding hydrogens is 176 g/mol. The third kappa shape index (κ3) is 2.09. The molecule has 74 valence electrons. The molecule has 1 fully saturated rings. The van der Waals surface area contributed by atoms with Gasteiger partial charge in [-0.25, -0.2) is 9.59 Å². The summed E-state index contributed by atoms with van der Waals surface area (Å²) in [6.07, 6.45) is -0.369. The van der Waals surface area contributed by atoms with Gasteiger partial charge < -0.3 is 15.9 Å². The Morgan fingerprint density at radius 3 is 2.38 bits per heavy atom. The molecule has 0 spiro atoms. The maximum atomic E-state index is 10.6. The van der Waals surface area contributed by atoms with Crippen molar-refractivity contribution in [3.8, 4) is 0 Å². The van der Waals surface area contributed by atoms with Crippen LogP contribution in [0.1, 0.15) is 12.8 Å². The number of aliphatic carboxylic acids is 1. The number of piperidine rings is 1. The van der Waals surface area contributed by atoms with Crippen molar-refractivity contribution in [2.24, 2.45) is 5.73 Å². The standard InChI is InChI=1S/C7H12N2O4/c8-4-1-2-5(6(10)11)9(3-4)7(12)13/h4-5H,1-3,8H2,(H,10,11)(H,12,13)/t4-,5+/m0/s1. The number of carbonyl (C=O) groups is 2. The molecule has 4 N–H and O–H groups in total. The van der Waals surface area contributed by atoms with Gasteiger partial charge in [-0.15, -0.1) is 0 Å². The van der Waals surface area contributed by atoms with Crippen molar-refractivity contribution in [1.82, 2.24) is 4.90 Å². The topological polar surface area (TPSA) is 104 Å². The highest BCUT2D eigenvalue weighted by molar-refractivity contribution is 5.79. The highest BCUT2D eigenvalue weighted by Gasteiger charge is 2.34. The van der Waals surface area contributed by atoms with Gasteiger partial charge in [-0.1, -0.05) is 0 Å². The van der Waals surface area contributed by atoms with E-state index < -0.39 is 18.1 Å². The predicted molar refractivity (Wildman–Crippen MR) is 43.4 cm³/mol. The number of nitrogens with zero attached hydrogens (tertiary/aromatic N) is 1. The van der Waals surface area contributed by atoms with Crippen LogP contribution >= 0.6 is 0 Å². The number of rotatable bonds is 1. The molecule has 0 aromatic rings. The lowest BCUT2D eigenvalue weighted by Gasteiger charge is -2.33. The normalized spacial score (nSPS) is 28.5. The zero-order valence-corrected chi connectivity index (χ0v) is 7.01. The molecule has 0 bridgehead atoms. The molecule has 1 aliphatic rings. The van der Waals surface area contributed by atoms with Crippen molar-refractivity contribution in [2.75, 3.05) is 6.54 Å². The molecule has 0 aromatic carbocycles. The monoisotopic (exact) mass is 188 g/mol. The molecule has 1 heterocycles. The number of amides is 1. The minimum Gasteiger partial charge on any atom is -0.480 e. The minimum absolute atomic E-state index is 0.103. The van der Waals surface area contributed by atoms with Crippen molar-refractivity contribution in [3.05, 3.63) is 0 Å². The fourth-order valence-electron chi connectivity index (χ4n) is 1.47. The van der Waals surface area contributed by atoms with E-state index in [1.807, 2.05) is 0 Å². The second-order valence-corrected chi connectivity index (χ2v) is 3.13. The van der Waals surface area contributed by atoms with E-state index in [1.54, 1.807) is 0 Å². The summed E-state index contributed by atoms with van der Waals surface area (Å²) >= 11 is 0. The summed E-state index contributed by atoms with van der Waals surface area (Å²) < 4.78 is 0. The fraction of sp³-hybridized carbons (Fsp3) is 0.714. The van der Waals surface area contributed by atoms with E-state index in [0.29, 0.717) is 12.8 Å². The van der Waals surface area contributed by atoms with Gasteiger partial charge in [0, 0.05) is 12.6 Å². The van der Waals surface area contributed by atoms with Crippen LogP contribution in [0.25, 0.3) is 0 Å². The molecule has 6 nitrogen and oxygen atoms in total. The molecule has 1 rings (SSSR count). The minimum atomic E-state index is -1.22. The number of likely N-dealkylation sites (tertiary alicyclic amines) is 1. The van der Waals surface area contributed by atoms with Gasteiger partial charge >= 0.3 is 12.1 Å². The van der Waals surface area contributed by atoms with Crippen LogP contribution in [-0.4, -0.2) is 45.8 Å². The van der Waals surface area contributed by atoms with E-state index in [1.165, 1.54) is 0 Å². The Balaban J connectivity index is 2.72. The highest BCUT2D eigenvalue weighted by Crippen LogP contribution is 2.16. The highest BCUT2D eigenvalue weighted by atomic mass is 16.4. The predicted octanol–water partition coefficient (Wildman–Crippen LogP) is -0.459. The number of hydrogen-bond acceptors (Lipinski definition) is 3. The van der Waals surface area contributed by atoms with Gasteiger partial charge in [0.15, 0.2) is 0 Å². The number of carboxylic acid groups (broad SMARTS) is 2. The maximum Gasteiger partial charge on any atom is 0.408 e. The van der Waals surface area contributed by atoms with Crippen LogP contribution in [0.3, 0.4) is 0 Å². The van der Waals surface area contributed by atoms with Gasteiger partial charge in [0.25, 0.3) is 0 Å². The molecular formula is C7H12N2O4. The van der Waals surface area contributed by atoms with Crippen LogP contribution in [0.4, 0.5) is 4.79 Å². The SMILES string of the molecule is N[C@H]1CC[C@H](C(=O)O)N(C(=O)O)C1. The lowest BCUT2D eigenvalue weighted by Crippen LogP contribution is -2.53. The largest absolute Gasteiger partial charge is 0.480 e. The lowest BCUT2D eigenvalue weighted by atomic mass is 9.99. The second kappa shape index (κ2) is 3.61. The third-order valence-corrected chi connectivity index (χ3v) is 2.15. The summed E-state index contributed by atoms with van der Waals surface area (Å²) in [5.41, 5.74) is 5.53. The summed E-state index contributed by atoms with van der Waals surface area (Å²) in [4.78, 5) is 22.1. The quantitative estimate of drug-likeness (QED) is 0.516. The summed E-state index contributed by atoms with van der Waals surface area (Å²) in [5.74, 6) is -1.10. The van der Waals surface area contributed by atoms with Gasteiger partial charge in [-0.2, -0.15) is 0 Å². The molecule has 1 amide bonds. The third-order valence-electron chi connectivity index (χ3n) is 2.15. The van der Waals surface area contributed by atoms with E-state index in [4.69, 9.17) is 15.9 Å². The van der Waals surface area contributed by atoms with E-state index in [0.717, 1.165) is 4.90 Å². The number of nitrogens with two attached hydrogens (primary N) is 1. The molecule has 0 saturated carbocycles.